The molecule has 25 heavy (non-hydrogen) atoms. The third-order valence-electron chi connectivity index (χ3n) is 3.46. The average Bonchev–Trinajstić information content (AvgIpc) is 3.16. The van der Waals surface area contributed by atoms with Crippen LogP contribution in [0.2, 0.25) is 0 Å². The maximum Gasteiger partial charge on any atom is 0.416 e. The second-order valence-corrected chi connectivity index (χ2v) is 6.27. The minimum absolute atomic E-state index is 0.191. The van der Waals surface area contributed by atoms with E-state index < -0.39 is 11.7 Å². The van der Waals surface area contributed by atoms with Crippen molar-refractivity contribution in [3.63, 3.8) is 0 Å². The normalized spacial score (nSPS) is 11.5. The molecule has 0 aliphatic carbocycles. The van der Waals surface area contributed by atoms with Crippen LogP contribution in [0.3, 0.4) is 0 Å². The Balaban J connectivity index is 1.87. The molecule has 0 saturated heterocycles. The number of halogens is 3. The van der Waals surface area contributed by atoms with E-state index in [9.17, 15) is 18.0 Å². The highest BCUT2D eigenvalue weighted by atomic mass is 32.1. The lowest BCUT2D eigenvalue weighted by atomic mass is 10.2. The van der Waals surface area contributed by atoms with Gasteiger partial charge in [-0.3, -0.25) is 4.79 Å². The second-order valence-electron chi connectivity index (χ2n) is 5.49. The fourth-order valence-corrected chi connectivity index (χ4v) is 3.03. The van der Waals surface area contributed by atoms with Crippen LogP contribution in [-0.4, -0.2) is 15.7 Å². The fourth-order valence-electron chi connectivity index (χ4n) is 2.36. The molecule has 3 rings (SSSR count). The molecule has 0 fully saturated rings. The second kappa shape index (κ2) is 6.72. The van der Waals surface area contributed by atoms with Gasteiger partial charge in [-0.1, -0.05) is 6.07 Å². The summed E-state index contributed by atoms with van der Waals surface area (Å²) in [6, 6.07) is 8.28. The van der Waals surface area contributed by atoms with E-state index in [4.69, 9.17) is 0 Å². The summed E-state index contributed by atoms with van der Waals surface area (Å²) in [5, 5.41) is 10.6. The highest BCUT2D eigenvalue weighted by Gasteiger charge is 2.30. The molecule has 130 valence electrons. The first-order valence-corrected chi connectivity index (χ1v) is 8.32. The van der Waals surface area contributed by atoms with Crippen molar-refractivity contribution in [2.75, 3.05) is 5.32 Å². The summed E-state index contributed by atoms with van der Waals surface area (Å²) in [6.45, 7) is 1.71. The Kier molecular flexibility index (Phi) is 4.63. The van der Waals surface area contributed by atoms with Gasteiger partial charge in [-0.15, -0.1) is 0 Å². The summed E-state index contributed by atoms with van der Waals surface area (Å²) in [7, 11) is 0. The number of anilines is 1. The fraction of sp³-hybridized carbons (Fsp3) is 0.176. The number of nitrogens with zero attached hydrogens (tertiary/aromatic N) is 2. The van der Waals surface area contributed by atoms with Gasteiger partial charge >= 0.3 is 6.18 Å². The van der Waals surface area contributed by atoms with Gasteiger partial charge in [-0.05, 0) is 47.5 Å². The Morgan fingerprint density at radius 1 is 1.28 bits per heavy atom. The molecule has 0 radical (unpaired) electrons. The molecule has 0 spiro atoms. The number of hydrogen-bond donors (Lipinski definition) is 1. The van der Waals surface area contributed by atoms with Crippen molar-refractivity contribution in [2.24, 2.45) is 0 Å². The average molecular weight is 365 g/mol. The van der Waals surface area contributed by atoms with Crippen LogP contribution in [0, 0.1) is 6.92 Å². The number of amides is 1. The van der Waals surface area contributed by atoms with Crippen molar-refractivity contribution in [3.8, 4) is 5.69 Å². The van der Waals surface area contributed by atoms with Crippen LogP contribution in [0.15, 0.2) is 47.2 Å². The Bertz CT molecular complexity index is 885. The highest BCUT2D eigenvalue weighted by molar-refractivity contribution is 7.08. The molecule has 8 heteroatoms. The smallest absolute Gasteiger partial charge is 0.310 e. The maximum absolute atomic E-state index is 12.9. The molecular weight excluding hydrogens is 351 g/mol. The monoisotopic (exact) mass is 365 g/mol. The number of benzene rings is 1. The van der Waals surface area contributed by atoms with Crippen molar-refractivity contribution in [1.82, 2.24) is 9.78 Å². The SMILES string of the molecule is Cc1cc(NC(=O)Cc2ccsc2)n(-c2cccc(C(F)(F)F)c2)n1. The molecule has 2 aromatic heterocycles. The van der Waals surface area contributed by atoms with Gasteiger partial charge in [0.1, 0.15) is 5.82 Å². The van der Waals surface area contributed by atoms with E-state index in [0.29, 0.717) is 11.5 Å². The lowest BCUT2D eigenvalue weighted by Gasteiger charge is -2.11. The number of hydrogen-bond acceptors (Lipinski definition) is 3. The molecule has 1 aromatic carbocycles. The summed E-state index contributed by atoms with van der Waals surface area (Å²) >= 11 is 1.49. The van der Waals surface area contributed by atoms with Gasteiger partial charge in [0, 0.05) is 6.07 Å². The standard InChI is InChI=1S/C17H14F3N3OS/c1-11-7-15(21-16(24)8-12-5-6-25-10-12)23(22-11)14-4-2-3-13(9-14)17(18,19)20/h2-7,9-10H,8H2,1H3,(H,21,24). The molecule has 0 unspecified atom stereocenters. The molecule has 0 atom stereocenters. The zero-order valence-corrected chi connectivity index (χ0v) is 14.0. The summed E-state index contributed by atoms with van der Waals surface area (Å²) in [4.78, 5) is 12.2. The Morgan fingerprint density at radius 3 is 2.76 bits per heavy atom. The van der Waals surface area contributed by atoms with Crippen molar-refractivity contribution >= 4 is 23.1 Å². The predicted molar refractivity (Wildman–Crippen MR) is 90.0 cm³/mol. The van der Waals surface area contributed by atoms with E-state index in [1.165, 1.54) is 28.2 Å². The third-order valence-corrected chi connectivity index (χ3v) is 4.19. The summed E-state index contributed by atoms with van der Waals surface area (Å²) in [5.41, 5.74) is 0.926. The van der Waals surface area contributed by atoms with Crippen LogP contribution in [0.25, 0.3) is 5.69 Å². The molecule has 3 aromatic rings. The molecule has 0 aliphatic rings. The Labute approximate surface area is 145 Å². The Morgan fingerprint density at radius 2 is 2.08 bits per heavy atom. The number of nitrogens with one attached hydrogen (secondary N) is 1. The molecule has 1 amide bonds. The number of carbonyl (C=O) groups excluding carboxylic acids is 1. The van der Waals surface area contributed by atoms with Gasteiger partial charge in [0.05, 0.1) is 23.4 Å². The number of alkyl halides is 3. The van der Waals surface area contributed by atoms with Crippen molar-refractivity contribution in [1.29, 1.82) is 0 Å². The van der Waals surface area contributed by atoms with E-state index in [1.807, 2.05) is 16.8 Å². The van der Waals surface area contributed by atoms with Crippen LogP contribution in [0.5, 0.6) is 0 Å². The quantitative estimate of drug-likeness (QED) is 0.743. The zero-order chi connectivity index (χ0) is 18.0. The van der Waals surface area contributed by atoms with E-state index in [0.717, 1.165) is 17.7 Å². The van der Waals surface area contributed by atoms with Gasteiger partial charge in [0.25, 0.3) is 0 Å². The topological polar surface area (TPSA) is 46.9 Å². The van der Waals surface area contributed by atoms with Crippen molar-refractivity contribution in [2.45, 2.75) is 19.5 Å². The predicted octanol–water partition coefficient (Wildman–Crippen LogP) is 4.44. The first-order chi connectivity index (χ1) is 11.8. The van der Waals surface area contributed by atoms with Crippen LogP contribution in [0.4, 0.5) is 19.0 Å². The van der Waals surface area contributed by atoms with E-state index in [-0.39, 0.29) is 18.0 Å². The molecule has 0 bridgehead atoms. The van der Waals surface area contributed by atoms with E-state index in [2.05, 4.69) is 10.4 Å². The lowest BCUT2D eigenvalue weighted by molar-refractivity contribution is -0.137. The van der Waals surface area contributed by atoms with Crippen molar-refractivity contribution < 1.29 is 18.0 Å². The summed E-state index contributed by atoms with van der Waals surface area (Å²) < 4.78 is 40.0. The largest absolute Gasteiger partial charge is 0.416 e. The van der Waals surface area contributed by atoms with Crippen LogP contribution in [0.1, 0.15) is 16.8 Å². The number of rotatable bonds is 4. The minimum atomic E-state index is -4.44. The van der Waals surface area contributed by atoms with Crippen molar-refractivity contribution in [3.05, 3.63) is 64.0 Å². The van der Waals surface area contributed by atoms with E-state index >= 15 is 0 Å². The lowest BCUT2D eigenvalue weighted by Crippen LogP contribution is -2.17. The molecule has 1 N–H and O–H groups in total. The van der Waals surface area contributed by atoms with Gasteiger partial charge in [-0.2, -0.15) is 29.6 Å². The number of aryl methyl sites for hydroxylation is 1. The number of thiophene rings is 1. The van der Waals surface area contributed by atoms with Crippen LogP contribution in [-0.2, 0) is 17.4 Å². The summed E-state index contributed by atoms with van der Waals surface area (Å²) in [5.74, 6) is 0.0728. The minimum Gasteiger partial charge on any atom is -0.310 e. The molecule has 2 heterocycles. The number of aromatic nitrogens is 2. The van der Waals surface area contributed by atoms with Gasteiger partial charge in [0.2, 0.25) is 5.91 Å². The summed E-state index contributed by atoms with van der Waals surface area (Å²) in [6.07, 6.45) is -4.25. The number of carbonyl (C=O) groups is 1. The van der Waals surface area contributed by atoms with Crippen LogP contribution < -0.4 is 5.32 Å². The van der Waals surface area contributed by atoms with E-state index in [1.54, 1.807) is 13.0 Å². The van der Waals surface area contributed by atoms with Gasteiger partial charge in [-0.25, -0.2) is 4.68 Å². The molecule has 4 nitrogen and oxygen atoms in total. The first-order valence-electron chi connectivity index (χ1n) is 7.38. The van der Waals surface area contributed by atoms with Gasteiger partial charge < -0.3 is 5.32 Å². The first kappa shape index (κ1) is 17.2. The molecule has 0 saturated carbocycles. The molecule has 0 aliphatic heterocycles. The van der Waals surface area contributed by atoms with Gasteiger partial charge in [0.15, 0.2) is 0 Å². The van der Waals surface area contributed by atoms with Crippen LogP contribution >= 0.6 is 11.3 Å². The zero-order valence-electron chi connectivity index (χ0n) is 13.2. The Hall–Kier alpha value is -2.61. The third kappa shape index (κ3) is 4.08. The maximum atomic E-state index is 12.9. The highest BCUT2D eigenvalue weighted by Crippen LogP contribution is 2.31. The molecular formula is C17H14F3N3OS.